The highest BCUT2D eigenvalue weighted by Crippen LogP contribution is 2.04. The van der Waals surface area contributed by atoms with Crippen LogP contribution in [0, 0.1) is 0 Å². The summed E-state index contributed by atoms with van der Waals surface area (Å²) < 4.78 is 9.27. The summed E-state index contributed by atoms with van der Waals surface area (Å²) in [5.41, 5.74) is 0.505. The van der Waals surface area contributed by atoms with Gasteiger partial charge in [-0.05, 0) is 13.8 Å². The second kappa shape index (κ2) is 3.93. The number of allylic oxidation sites excluding steroid dienone is 1. The summed E-state index contributed by atoms with van der Waals surface area (Å²) in [7, 11) is 2.86. The van der Waals surface area contributed by atoms with E-state index in [2.05, 4.69) is 4.74 Å². The fraction of sp³-hybridized carbons (Fsp3) is 0.571. The largest absolute Gasteiger partial charge is 0.501 e. The molecule has 0 N–H and O–H groups in total. The summed E-state index contributed by atoms with van der Waals surface area (Å²) in [5.74, 6) is 0.242. The predicted octanol–water partition coefficient (Wildman–Crippen LogP) is 1.10. The van der Waals surface area contributed by atoms with E-state index in [4.69, 9.17) is 4.74 Å². The highest BCUT2D eigenvalue weighted by atomic mass is 16.5. The predicted molar refractivity (Wildman–Crippen MR) is 37.4 cm³/mol. The molecule has 0 saturated carbocycles. The Bertz CT molecular complexity index is 158. The molecule has 0 amide bonds. The van der Waals surface area contributed by atoms with Crippen LogP contribution < -0.4 is 0 Å². The molecule has 0 saturated heterocycles. The molecule has 0 heterocycles. The van der Waals surface area contributed by atoms with Crippen LogP contribution in [-0.4, -0.2) is 20.2 Å². The van der Waals surface area contributed by atoms with Crippen LogP contribution in [0.3, 0.4) is 0 Å². The molecule has 58 valence electrons. The molecule has 0 unspecified atom stereocenters. The minimum Gasteiger partial charge on any atom is -0.501 e. The Morgan fingerprint density at radius 1 is 1.10 bits per heavy atom. The minimum atomic E-state index is -0.348. The lowest BCUT2D eigenvalue weighted by Crippen LogP contribution is -2.04. The topological polar surface area (TPSA) is 35.5 Å². The highest BCUT2D eigenvalue weighted by Gasteiger charge is 2.06. The zero-order valence-corrected chi connectivity index (χ0v) is 6.72. The first-order chi connectivity index (χ1) is 4.63. The molecule has 0 rings (SSSR count). The number of carbonyl (C=O) groups is 1. The molecule has 0 aliphatic heterocycles. The molecule has 0 aromatic carbocycles. The van der Waals surface area contributed by atoms with Crippen LogP contribution >= 0.6 is 0 Å². The van der Waals surface area contributed by atoms with Gasteiger partial charge in [-0.1, -0.05) is 0 Å². The molecule has 0 fully saturated rings. The van der Waals surface area contributed by atoms with Crippen LogP contribution in [0.15, 0.2) is 11.3 Å². The Morgan fingerprint density at radius 2 is 1.60 bits per heavy atom. The molecular weight excluding hydrogens is 132 g/mol. The summed E-state index contributed by atoms with van der Waals surface area (Å²) in [6.45, 7) is 3.37. The van der Waals surface area contributed by atoms with E-state index in [0.29, 0.717) is 11.3 Å². The molecule has 0 atom stereocenters. The van der Waals surface area contributed by atoms with Crippen molar-refractivity contribution in [2.45, 2.75) is 13.8 Å². The Hall–Kier alpha value is -0.990. The quantitative estimate of drug-likeness (QED) is 0.331. The van der Waals surface area contributed by atoms with E-state index in [1.54, 1.807) is 13.8 Å². The lowest BCUT2D eigenvalue weighted by molar-refractivity contribution is -0.136. The van der Waals surface area contributed by atoms with Gasteiger partial charge < -0.3 is 9.47 Å². The fourth-order valence-corrected chi connectivity index (χ4v) is 0.450. The number of methoxy groups -OCH3 is 2. The standard InChI is InChI=1S/C7H12O3/c1-5(6(2)9-3)7(8)10-4/h1-4H3/b6-5-. The summed E-state index contributed by atoms with van der Waals surface area (Å²) >= 11 is 0. The van der Waals surface area contributed by atoms with Crippen LogP contribution in [0.4, 0.5) is 0 Å². The third kappa shape index (κ3) is 2.09. The molecule has 0 aromatic rings. The van der Waals surface area contributed by atoms with Gasteiger partial charge in [0, 0.05) is 0 Å². The fourth-order valence-electron chi connectivity index (χ4n) is 0.450. The Kier molecular flexibility index (Phi) is 3.54. The van der Waals surface area contributed by atoms with Crippen molar-refractivity contribution in [1.29, 1.82) is 0 Å². The number of hydrogen-bond acceptors (Lipinski definition) is 3. The van der Waals surface area contributed by atoms with E-state index in [-0.39, 0.29) is 5.97 Å². The first-order valence-electron chi connectivity index (χ1n) is 2.93. The molecular formula is C7H12O3. The van der Waals surface area contributed by atoms with Crippen LogP contribution in [0.25, 0.3) is 0 Å². The van der Waals surface area contributed by atoms with Crippen molar-refractivity contribution in [3.05, 3.63) is 11.3 Å². The maximum absolute atomic E-state index is 10.8. The molecule has 10 heavy (non-hydrogen) atoms. The summed E-state index contributed by atoms with van der Waals surface area (Å²) in [6, 6.07) is 0. The van der Waals surface area contributed by atoms with Crippen LogP contribution in [0.1, 0.15) is 13.8 Å². The lowest BCUT2D eigenvalue weighted by atomic mass is 10.3. The van der Waals surface area contributed by atoms with Crippen molar-refractivity contribution in [2.75, 3.05) is 14.2 Å². The van der Waals surface area contributed by atoms with E-state index in [1.807, 2.05) is 0 Å². The molecule has 3 nitrogen and oxygen atoms in total. The van der Waals surface area contributed by atoms with Gasteiger partial charge in [-0.3, -0.25) is 0 Å². The smallest absolute Gasteiger partial charge is 0.336 e. The van der Waals surface area contributed by atoms with Gasteiger partial charge >= 0.3 is 5.97 Å². The zero-order valence-electron chi connectivity index (χ0n) is 6.72. The van der Waals surface area contributed by atoms with Gasteiger partial charge in [-0.15, -0.1) is 0 Å². The van der Waals surface area contributed by atoms with E-state index in [1.165, 1.54) is 14.2 Å². The maximum atomic E-state index is 10.8. The van der Waals surface area contributed by atoms with Gasteiger partial charge in [0.1, 0.15) is 5.76 Å². The molecule has 0 aliphatic carbocycles. The monoisotopic (exact) mass is 144 g/mol. The molecule has 0 bridgehead atoms. The molecule has 0 spiro atoms. The Labute approximate surface area is 60.6 Å². The Morgan fingerprint density at radius 3 is 1.90 bits per heavy atom. The number of ether oxygens (including phenoxy) is 2. The van der Waals surface area contributed by atoms with Crippen LogP contribution in [-0.2, 0) is 14.3 Å². The number of carbonyl (C=O) groups excluding carboxylic acids is 1. The average molecular weight is 144 g/mol. The van der Waals surface area contributed by atoms with Crippen LogP contribution in [0.5, 0.6) is 0 Å². The molecule has 0 aromatic heterocycles. The third-order valence-electron chi connectivity index (χ3n) is 1.33. The van der Waals surface area contributed by atoms with Gasteiger partial charge in [-0.2, -0.15) is 0 Å². The van der Waals surface area contributed by atoms with Crippen molar-refractivity contribution in [2.24, 2.45) is 0 Å². The van der Waals surface area contributed by atoms with Gasteiger partial charge in [0.15, 0.2) is 0 Å². The van der Waals surface area contributed by atoms with Crippen LogP contribution in [0.2, 0.25) is 0 Å². The van der Waals surface area contributed by atoms with E-state index in [0.717, 1.165) is 0 Å². The lowest BCUT2D eigenvalue weighted by Gasteiger charge is -2.02. The minimum absolute atomic E-state index is 0.348. The van der Waals surface area contributed by atoms with Gasteiger partial charge in [-0.25, -0.2) is 4.79 Å². The second-order valence-electron chi connectivity index (χ2n) is 1.88. The van der Waals surface area contributed by atoms with Crippen molar-refractivity contribution in [3.63, 3.8) is 0 Å². The number of esters is 1. The first kappa shape index (κ1) is 9.01. The van der Waals surface area contributed by atoms with Gasteiger partial charge in [0.2, 0.25) is 0 Å². The molecule has 0 radical (unpaired) electrons. The Balaban J connectivity index is 4.30. The van der Waals surface area contributed by atoms with Crippen molar-refractivity contribution in [1.82, 2.24) is 0 Å². The molecule has 3 heteroatoms. The van der Waals surface area contributed by atoms with Gasteiger partial charge in [0.05, 0.1) is 19.8 Å². The second-order valence-corrected chi connectivity index (χ2v) is 1.88. The van der Waals surface area contributed by atoms with Crippen molar-refractivity contribution in [3.8, 4) is 0 Å². The van der Waals surface area contributed by atoms with Gasteiger partial charge in [0.25, 0.3) is 0 Å². The summed E-state index contributed by atoms with van der Waals surface area (Å²) in [5, 5.41) is 0. The van der Waals surface area contributed by atoms with E-state index >= 15 is 0 Å². The summed E-state index contributed by atoms with van der Waals surface area (Å²) in [6.07, 6.45) is 0. The van der Waals surface area contributed by atoms with E-state index in [9.17, 15) is 4.79 Å². The summed E-state index contributed by atoms with van der Waals surface area (Å²) in [4.78, 5) is 10.8. The first-order valence-corrected chi connectivity index (χ1v) is 2.93. The normalized spacial score (nSPS) is 12.0. The average Bonchev–Trinajstić information content (AvgIpc) is 2.00. The van der Waals surface area contributed by atoms with E-state index < -0.39 is 0 Å². The van der Waals surface area contributed by atoms with Crippen molar-refractivity contribution >= 4 is 5.97 Å². The number of hydrogen-bond donors (Lipinski definition) is 0. The number of rotatable bonds is 2. The maximum Gasteiger partial charge on any atom is 0.336 e. The third-order valence-corrected chi connectivity index (χ3v) is 1.33. The molecule has 0 aliphatic rings. The highest BCUT2D eigenvalue weighted by molar-refractivity contribution is 5.88. The SMILES string of the molecule is COC(=O)/C(C)=C(/C)OC. The van der Waals surface area contributed by atoms with Crippen molar-refractivity contribution < 1.29 is 14.3 Å². The zero-order chi connectivity index (χ0) is 8.15.